The number of para-hydroxylation sites is 1. The van der Waals surface area contributed by atoms with Crippen LogP contribution in [0.1, 0.15) is 25.7 Å². The van der Waals surface area contributed by atoms with Crippen LogP contribution in [0.2, 0.25) is 0 Å². The number of carboxylic acids is 1. The van der Waals surface area contributed by atoms with Crippen molar-refractivity contribution < 1.29 is 9.90 Å². The zero-order valence-corrected chi connectivity index (χ0v) is 12.2. The van der Waals surface area contributed by atoms with E-state index in [0.29, 0.717) is 11.7 Å². The molecule has 4 nitrogen and oxygen atoms in total. The first-order valence-electron chi connectivity index (χ1n) is 6.99. The normalized spacial score (nSPS) is 22.0. The predicted octanol–water partition coefficient (Wildman–Crippen LogP) is 2.86. The molecule has 1 fully saturated rings. The van der Waals surface area contributed by atoms with Gasteiger partial charge in [0.1, 0.15) is 0 Å². The van der Waals surface area contributed by atoms with Gasteiger partial charge in [-0.15, -0.1) is 0 Å². The average Bonchev–Trinajstić information content (AvgIpc) is 2.46. The van der Waals surface area contributed by atoms with Crippen LogP contribution in [-0.2, 0) is 4.79 Å². The van der Waals surface area contributed by atoms with Crippen molar-refractivity contribution in [3.8, 4) is 0 Å². The van der Waals surface area contributed by atoms with Gasteiger partial charge in [0.2, 0.25) is 0 Å². The van der Waals surface area contributed by atoms with E-state index in [1.807, 2.05) is 30.3 Å². The maximum atomic E-state index is 11.2. The van der Waals surface area contributed by atoms with Gasteiger partial charge in [-0.25, -0.2) is 0 Å². The number of nitrogens with one attached hydrogen (secondary N) is 2. The van der Waals surface area contributed by atoms with Gasteiger partial charge in [0.05, 0.1) is 5.92 Å². The minimum absolute atomic E-state index is 0.164. The Morgan fingerprint density at radius 2 is 1.95 bits per heavy atom. The van der Waals surface area contributed by atoms with Crippen LogP contribution < -0.4 is 10.6 Å². The Hall–Kier alpha value is -1.62. The van der Waals surface area contributed by atoms with E-state index >= 15 is 0 Å². The molecule has 2 rings (SSSR count). The lowest BCUT2D eigenvalue weighted by molar-refractivity contribution is -0.144. The van der Waals surface area contributed by atoms with Crippen LogP contribution in [0.5, 0.6) is 0 Å². The molecular formula is C15H20N2O2S. The summed E-state index contributed by atoms with van der Waals surface area (Å²) in [7, 11) is 0. The molecule has 5 heteroatoms. The average molecular weight is 292 g/mol. The van der Waals surface area contributed by atoms with Crippen molar-refractivity contribution in [2.75, 3.05) is 11.9 Å². The topological polar surface area (TPSA) is 61.4 Å². The molecular weight excluding hydrogens is 272 g/mol. The van der Waals surface area contributed by atoms with E-state index in [-0.39, 0.29) is 11.8 Å². The van der Waals surface area contributed by atoms with Crippen LogP contribution in [0, 0.1) is 11.8 Å². The highest BCUT2D eigenvalue weighted by Gasteiger charge is 2.30. The Labute approximate surface area is 124 Å². The zero-order valence-electron chi connectivity index (χ0n) is 11.3. The number of rotatable bonds is 4. The number of thiocarbonyl (C=S) groups is 1. The molecule has 0 unspecified atom stereocenters. The Bertz CT molecular complexity index is 464. The summed E-state index contributed by atoms with van der Waals surface area (Å²) in [6.45, 7) is 0.621. The molecule has 0 heterocycles. The van der Waals surface area contributed by atoms with Crippen LogP contribution in [0.15, 0.2) is 30.3 Å². The second-order valence-corrected chi connectivity index (χ2v) is 5.60. The van der Waals surface area contributed by atoms with E-state index in [1.54, 1.807) is 0 Å². The Kier molecular flexibility index (Phi) is 5.35. The fourth-order valence-electron chi connectivity index (χ4n) is 2.70. The fourth-order valence-corrected chi connectivity index (χ4v) is 2.90. The smallest absolute Gasteiger partial charge is 0.306 e. The van der Waals surface area contributed by atoms with Gasteiger partial charge in [0, 0.05) is 12.2 Å². The number of benzene rings is 1. The summed E-state index contributed by atoms with van der Waals surface area (Å²) in [5.41, 5.74) is 0.934. The van der Waals surface area contributed by atoms with E-state index in [0.717, 1.165) is 31.4 Å². The minimum atomic E-state index is -0.682. The number of aliphatic carboxylic acids is 1. The first kappa shape index (κ1) is 14.8. The van der Waals surface area contributed by atoms with Gasteiger partial charge in [0.25, 0.3) is 0 Å². The van der Waals surface area contributed by atoms with Gasteiger partial charge in [-0.2, -0.15) is 0 Å². The van der Waals surface area contributed by atoms with Crippen LogP contribution in [0.3, 0.4) is 0 Å². The van der Waals surface area contributed by atoms with E-state index in [2.05, 4.69) is 10.6 Å². The second-order valence-electron chi connectivity index (χ2n) is 5.19. The monoisotopic (exact) mass is 292 g/mol. The molecule has 0 spiro atoms. The maximum absolute atomic E-state index is 11.2. The highest BCUT2D eigenvalue weighted by molar-refractivity contribution is 7.80. The van der Waals surface area contributed by atoms with Crippen molar-refractivity contribution in [1.29, 1.82) is 0 Å². The highest BCUT2D eigenvalue weighted by Crippen LogP contribution is 2.29. The van der Waals surface area contributed by atoms with Crippen molar-refractivity contribution >= 4 is 29.0 Å². The summed E-state index contributed by atoms with van der Waals surface area (Å²) in [6.07, 6.45) is 3.85. The lowest BCUT2D eigenvalue weighted by Gasteiger charge is -2.29. The molecule has 1 aromatic carbocycles. The summed E-state index contributed by atoms with van der Waals surface area (Å²) in [5.74, 6) is -0.758. The van der Waals surface area contributed by atoms with Crippen molar-refractivity contribution in [2.45, 2.75) is 25.7 Å². The van der Waals surface area contributed by atoms with Crippen molar-refractivity contribution in [1.82, 2.24) is 5.32 Å². The maximum Gasteiger partial charge on any atom is 0.306 e. The lowest BCUT2D eigenvalue weighted by Crippen LogP contribution is -2.38. The van der Waals surface area contributed by atoms with E-state index in [1.165, 1.54) is 0 Å². The molecule has 1 aromatic rings. The van der Waals surface area contributed by atoms with Crippen LogP contribution in [-0.4, -0.2) is 22.7 Å². The summed E-state index contributed by atoms with van der Waals surface area (Å²) >= 11 is 5.24. The molecule has 0 bridgehead atoms. The van der Waals surface area contributed by atoms with Crippen molar-refractivity contribution in [3.63, 3.8) is 0 Å². The van der Waals surface area contributed by atoms with Gasteiger partial charge >= 0.3 is 5.97 Å². The van der Waals surface area contributed by atoms with Crippen LogP contribution in [0.4, 0.5) is 5.69 Å². The Morgan fingerprint density at radius 3 is 2.65 bits per heavy atom. The highest BCUT2D eigenvalue weighted by atomic mass is 32.1. The number of hydrogen-bond acceptors (Lipinski definition) is 2. The van der Waals surface area contributed by atoms with E-state index in [9.17, 15) is 9.90 Å². The molecule has 0 amide bonds. The number of anilines is 1. The second kappa shape index (κ2) is 7.24. The minimum Gasteiger partial charge on any atom is -0.481 e. The zero-order chi connectivity index (χ0) is 14.4. The van der Waals surface area contributed by atoms with Gasteiger partial charge in [-0.05, 0) is 43.1 Å². The summed E-state index contributed by atoms with van der Waals surface area (Å²) in [4.78, 5) is 11.2. The largest absolute Gasteiger partial charge is 0.481 e. The standard InChI is InChI=1S/C15H20N2O2S/c18-14(19)13-9-5-4-6-11(13)10-16-15(20)17-12-7-2-1-3-8-12/h1-3,7-8,11,13H,4-6,9-10H2,(H,18,19)(H2,16,17,20)/t11-,13-/m0/s1. The molecule has 1 saturated carbocycles. The van der Waals surface area contributed by atoms with E-state index < -0.39 is 5.97 Å². The molecule has 0 aromatic heterocycles. The molecule has 0 aliphatic heterocycles. The Morgan fingerprint density at radius 1 is 1.25 bits per heavy atom. The van der Waals surface area contributed by atoms with Crippen LogP contribution in [0.25, 0.3) is 0 Å². The summed E-state index contributed by atoms with van der Waals surface area (Å²) in [6, 6.07) is 9.70. The molecule has 0 radical (unpaired) electrons. The number of carbonyl (C=O) groups is 1. The van der Waals surface area contributed by atoms with Crippen LogP contribution >= 0.6 is 12.2 Å². The third kappa shape index (κ3) is 4.20. The number of carboxylic acid groups (broad SMARTS) is 1. The van der Waals surface area contributed by atoms with Gasteiger partial charge in [-0.3, -0.25) is 4.79 Å². The Balaban J connectivity index is 1.81. The molecule has 3 N–H and O–H groups in total. The van der Waals surface area contributed by atoms with Crippen molar-refractivity contribution in [3.05, 3.63) is 30.3 Å². The van der Waals surface area contributed by atoms with Gasteiger partial charge < -0.3 is 15.7 Å². The third-order valence-electron chi connectivity index (χ3n) is 3.78. The predicted molar refractivity (Wildman–Crippen MR) is 83.7 cm³/mol. The molecule has 1 aliphatic rings. The molecule has 2 atom stereocenters. The number of hydrogen-bond donors (Lipinski definition) is 3. The molecule has 0 saturated heterocycles. The lowest BCUT2D eigenvalue weighted by atomic mass is 9.79. The summed E-state index contributed by atoms with van der Waals surface area (Å²) in [5, 5.41) is 16.0. The first-order chi connectivity index (χ1) is 9.66. The van der Waals surface area contributed by atoms with E-state index in [4.69, 9.17) is 12.2 Å². The quantitative estimate of drug-likeness (QED) is 0.745. The third-order valence-corrected chi connectivity index (χ3v) is 4.03. The van der Waals surface area contributed by atoms with Gasteiger partial charge in [-0.1, -0.05) is 31.0 Å². The SMILES string of the molecule is O=C(O)[C@H]1CCCC[C@H]1CNC(=S)Nc1ccccc1. The van der Waals surface area contributed by atoms with Crippen molar-refractivity contribution in [2.24, 2.45) is 11.8 Å². The molecule has 20 heavy (non-hydrogen) atoms. The van der Waals surface area contributed by atoms with Gasteiger partial charge in [0.15, 0.2) is 5.11 Å². The molecule has 108 valence electrons. The summed E-state index contributed by atoms with van der Waals surface area (Å²) < 4.78 is 0. The molecule has 1 aliphatic carbocycles. The first-order valence-corrected chi connectivity index (χ1v) is 7.40. The fraction of sp³-hybridized carbons (Fsp3) is 0.467.